The SMILES string of the molecule is CCC1=C(C)C2C=CC(=NC(=O)c3cc(OC)c(OC)c(OC)c3)C=C2NC1=O. The Balaban J connectivity index is 1.93. The third kappa shape index (κ3) is 3.81. The van der Waals surface area contributed by atoms with E-state index in [1.807, 2.05) is 19.9 Å². The van der Waals surface area contributed by atoms with Crippen molar-refractivity contribution in [3.8, 4) is 17.2 Å². The van der Waals surface area contributed by atoms with Crippen LogP contribution in [0.5, 0.6) is 17.2 Å². The summed E-state index contributed by atoms with van der Waals surface area (Å²) in [7, 11) is 4.46. The maximum atomic E-state index is 12.7. The molecule has 2 amide bonds. The van der Waals surface area contributed by atoms with Crippen molar-refractivity contribution in [3.05, 3.63) is 52.8 Å². The lowest BCUT2D eigenvalue weighted by Gasteiger charge is -2.29. The topological polar surface area (TPSA) is 86.2 Å². The number of methoxy groups -OCH3 is 3. The highest BCUT2D eigenvalue weighted by Crippen LogP contribution is 2.38. The molecule has 1 aromatic carbocycles. The summed E-state index contributed by atoms with van der Waals surface area (Å²) < 4.78 is 15.9. The van der Waals surface area contributed by atoms with Crippen molar-refractivity contribution in [2.75, 3.05) is 21.3 Å². The van der Waals surface area contributed by atoms with E-state index in [0.29, 0.717) is 34.9 Å². The third-order valence-electron chi connectivity index (χ3n) is 5.07. The predicted octanol–water partition coefficient (Wildman–Crippen LogP) is 3.22. The summed E-state index contributed by atoms with van der Waals surface area (Å²) in [5.41, 5.74) is 3.31. The first-order chi connectivity index (χ1) is 13.9. The van der Waals surface area contributed by atoms with Gasteiger partial charge in [-0.05, 0) is 37.6 Å². The van der Waals surface area contributed by atoms with Gasteiger partial charge in [0.15, 0.2) is 11.5 Å². The second-order valence-corrected chi connectivity index (χ2v) is 6.66. The smallest absolute Gasteiger partial charge is 0.277 e. The van der Waals surface area contributed by atoms with E-state index < -0.39 is 5.91 Å². The van der Waals surface area contributed by atoms with Crippen molar-refractivity contribution >= 4 is 17.5 Å². The van der Waals surface area contributed by atoms with Gasteiger partial charge in [0.1, 0.15) is 0 Å². The molecule has 1 aliphatic heterocycles. The average Bonchev–Trinajstić information content (AvgIpc) is 2.72. The fourth-order valence-corrected chi connectivity index (χ4v) is 3.56. The summed E-state index contributed by atoms with van der Waals surface area (Å²) >= 11 is 0. The van der Waals surface area contributed by atoms with Crippen LogP contribution in [0, 0.1) is 5.92 Å². The Kier molecular flexibility index (Phi) is 5.87. The fraction of sp³-hybridized carbons (Fsp3) is 0.318. The normalized spacial score (nSPS) is 19.5. The molecule has 1 aliphatic carbocycles. The lowest BCUT2D eigenvalue weighted by molar-refractivity contribution is -0.117. The highest BCUT2D eigenvalue weighted by atomic mass is 16.5. The summed E-state index contributed by atoms with van der Waals surface area (Å²) in [6, 6.07) is 3.11. The number of ether oxygens (including phenoxy) is 3. The molecule has 0 spiro atoms. The second-order valence-electron chi connectivity index (χ2n) is 6.66. The van der Waals surface area contributed by atoms with Gasteiger partial charge in [-0.3, -0.25) is 9.59 Å². The molecule has 7 nitrogen and oxygen atoms in total. The van der Waals surface area contributed by atoms with Crippen LogP contribution in [0.4, 0.5) is 0 Å². The quantitative estimate of drug-likeness (QED) is 0.826. The van der Waals surface area contributed by atoms with E-state index in [1.54, 1.807) is 24.3 Å². The number of carbonyl (C=O) groups is 2. The number of hydrogen-bond acceptors (Lipinski definition) is 5. The van der Waals surface area contributed by atoms with E-state index in [0.717, 1.165) is 16.8 Å². The minimum atomic E-state index is -0.456. The second kappa shape index (κ2) is 8.34. The van der Waals surface area contributed by atoms with Gasteiger partial charge in [0.25, 0.3) is 11.8 Å². The van der Waals surface area contributed by atoms with Crippen LogP contribution in [0.2, 0.25) is 0 Å². The van der Waals surface area contributed by atoms with Crippen molar-refractivity contribution in [1.82, 2.24) is 5.32 Å². The number of amides is 2. The van der Waals surface area contributed by atoms with Crippen molar-refractivity contribution in [2.45, 2.75) is 20.3 Å². The monoisotopic (exact) mass is 396 g/mol. The lowest BCUT2D eigenvalue weighted by Crippen LogP contribution is -2.36. The highest BCUT2D eigenvalue weighted by Gasteiger charge is 2.29. The van der Waals surface area contributed by atoms with Gasteiger partial charge < -0.3 is 19.5 Å². The number of rotatable bonds is 5. The van der Waals surface area contributed by atoms with Crippen LogP contribution >= 0.6 is 0 Å². The van der Waals surface area contributed by atoms with Crippen molar-refractivity contribution in [2.24, 2.45) is 10.9 Å². The molecule has 2 aliphatic rings. The first-order valence-electron chi connectivity index (χ1n) is 9.27. The molecule has 29 heavy (non-hydrogen) atoms. The van der Waals surface area contributed by atoms with Crippen molar-refractivity contribution in [1.29, 1.82) is 0 Å². The number of hydrogen-bond donors (Lipinski definition) is 1. The zero-order chi connectivity index (χ0) is 21.1. The van der Waals surface area contributed by atoms with Gasteiger partial charge in [0.05, 0.1) is 27.0 Å². The molecule has 1 N–H and O–H groups in total. The molecule has 7 heteroatoms. The van der Waals surface area contributed by atoms with Gasteiger partial charge in [-0.25, -0.2) is 4.99 Å². The first kappa shape index (κ1) is 20.4. The van der Waals surface area contributed by atoms with E-state index in [2.05, 4.69) is 10.3 Å². The number of fused-ring (bicyclic) bond motifs is 1. The van der Waals surface area contributed by atoms with Crippen LogP contribution in [-0.4, -0.2) is 38.9 Å². The molecule has 152 valence electrons. The molecule has 0 saturated carbocycles. The van der Waals surface area contributed by atoms with E-state index in [9.17, 15) is 9.59 Å². The molecule has 3 rings (SSSR count). The van der Waals surface area contributed by atoms with Gasteiger partial charge in [-0.15, -0.1) is 0 Å². The summed E-state index contributed by atoms with van der Waals surface area (Å²) in [6.45, 7) is 3.92. The highest BCUT2D eigenvalue weighted by molar-refractivity contribution is 6.14. The van der Waals surface area contributed by atoms with Crippen molar-refractivity contribution < 1.29 is 23.8 Å². The number of nitrogens with zero attached hydrogens (tertiary/aromatic N) is 1. The lowest BCUT2D eigenvalue weighted by atomic mass is 9.84. The Bertz CT molecular complexity index is 960. The van der Waals surface area contributed by atoms with E-state index in [1.165, 1.54) is 21.3 Å². The van der Waals surface area contributed by atoms with Crippen molar-refractivity contribution in [3.63, 3.8) is 0 Å². The molecule has 0 bridgehead atoms. The minimum Gasteiger partial charge on any atom is -0.493 e. The maximum absolute atomic E-state index is 12.7. The average molecular weight is 396 g/mol. The van der Waals surface area contributed by atoms with Gasteiger partial charge in [-0.2, -0.15) is 0 Å². The largest absolute Gasteiger partial charge is 0.493 e. The van der Waals surface area contributed by atoms with Gasteiger partial charge in [-0.1, -0.05) is 18.6 Å². The minimum absolute atomic E-state index is 0.00197. The molecule has 0 aromatic heterocycles. The number of nitrogens with one attached hydrogen (secondary N) is 1. The van der Waals surface area contributed by atoms with Crippen LogP contribution in [0.1, 0.15) is 30.6 Å². The Morgan fingerprint density at radius 3 is 2.34 bits per heavy atom. The Hall–Kier alpha value is -3.35. The molecule has 0 fully saturated rings. The number of carbonyl (C=O) groups excluding carboxylic acids is 2. The zero-order valence-electron chi connectivity index (χ0n) is 17.2. The molecule has 1 aromatic rings. The molecular weight excluding hydrogens is 372 g/mol. The number of allylic oxidation sites excluding steroid dienone is 3. The van der Waals surface area contributed by atoms with Crippen LogP contribution in [-0.2, 0) is 4.79 Å². The van der Waals surface area contributed by atoms with Gasteiger partial charge in [0, 0.05) is 22.8 Å². The number of benzene rings is 1. The van der Waals surface area contributed by atoms with Gasteiger partial charge in [0.2, 0.25) is 5.75 Å². The Morgan fingerprint density at radius 2 is 1.79 bits per heavy atom. The predicted molar refractivity (Wildman–Crippen MR) is 110 cm³/mol. The molecule has 1 atom stereocenters. The van der Waals surface area contributed by atoms with Crippen LogP contribution in [0.3, 0.4) is 0 Å². The van der Waals surface area contributed by atoms with Crippen LogP contribution in [0.15, 0.2) is 52.2 Å². The Morgan fingerprint density at radius 1 is 1.14 bits per heavy atom. The zero-order valence-corrected chi connectivity index (χ0v) is 17.2. The summed E-state index contributed by atoms with van der Waals surface area (Å²) in [4.78, 5) is 29.2. The van der Waals surface area contributed by atoms with Crippen LogP contribution < -0.4 is 19.5 Å². The standard InChI is InChI=1S/C22H24N2O5/c1-6-15-12(2)16-8-7-14(11-17(16)24-22(15)26)23-21(25)13-9-18(27-3)20(29-5)19(10-13)28-4/h7-11,16H,6H2,1-5H3,(H,24,26). The third-order valence-corrected chi connectivity index (χ3v) is 5.07. The molecule has 0 radical (unpaired) electrons. The molecule has 1 heterocycles. The maximum Gasteiger partial charge on any atom is 0.277 e. The summed E-state index contributed by atoms with van der Waals surface area (Å²) in [5.74, 6) is 0.597. The Labute approximate surface area is 169 Å². The molecular formula is C22H24N2O5. The fourth-order valence-electron chi connectivity index (χ4n) is 3.56. The first-order valence-corrected chi connectivity index (χ1v) is 9.27. The van der Waals surface area contributed by atoms with E-state index in [-0.39, 0.29) is 11.8 Å². The molecule has 1 unspecified atom stereocenters. The number of aliphatic imine (C=N–C) groups is 1. The molecule has 0 saturated heterocycles. The van der Waals surface area contributed by atoms with E-state index >= 15 is 0 Å². The van der Waals surface area contributed by atoms with Gasteiger partial charge >= 0.3 is 0 Å². The summed E-state index contributed by atoms with van der Waals surface area (Å²) in [6.07, 6.45) is 6.14. The summed E-state index contributed by atoms with van der Waals surface area (Å²) in [5, 5.41) is 2.91. The van der Waals surface area contributed by atoms with E-state index in [4.69, 9.17) is 14.2 Å². The van der Waals surface area contributed by atoms with Crippen LogP contribution in [0.25, 0.3) is 0 Å².